The smallest absolute Gasteiger partial charge is 0.407 e. The summed E-state index contributed by atoms with van der Waals surface area (Å²) in [5.41, 5.74) is 0.619. The van der Waals surface area contributed by atoms with Crippen molar-refractivity contribution in [3.8, 4) is 0 Å². The molecule has 102 valence electrons. The number of alkyl carbamates (subject to hydrolysis) is 1. The maximum Gasteiger partial charge on any atom is 0.407 e. The van der Waals surface area contributed by atoms with Crippen molar-refractivity contribution in [2.75, 3.05) is 6.54 Å². The van der Waals surface area contributed by atoms with Crippen LogP contribution in [0.5, 0.6) is 0 Å². The van der Waals surface area contributed by atoms with E-state index < -0.39 is 5.60 Å². The molecule has 0 saturated heterocycles. The van der Waals surface area contributed by atoms with Gasteiger partial charge in [-0.05, 0) is 33.8 Å². The molecule has 0 spiro atoms. The Labute approximate surface area is 108 Å². The summed E-state index contributed by atoms with van der Waals surface area (Å²) in [7, 11) is 0. The zero-order chi connectivity index (χ0) is 13.6. The zero-order valence-electron chi connectivity index (χ0n) is 11.4. The number of carbonyl (C=O) groups is 1. The number of furan rings is 1. The minimum atomic E-state index is -0.464. The average molecular weight is 254 g/mol. The number of amides is 1. The van der Waals surface area contributed by atoms with E-state index in [2.05, 4.69) is 10.6 Å². The van der Waals surface area contributed by atoms with Crippen LogP contribution >= 0.6 is 0 Å². The van der Waals surface area contributed by atoms with Crippen LogP contribution in [0, 0.1) is 0 Å². The van der Waals surface area contributed by atoms with E-state index in [1.54, 1.807) is 12.5 Å². The van der Waals surface area contributed by atoms with E-state index in [-0.39, 0.29) is 12.1 Å². The molecule has 5 nitrogen and oxygen atoms in total. The molecule has 0 aromatic carbocycles. The number of hydrogen-bond acceptors (Lipinski definition) is 4. The first-order chi connectivity index (χ1) is 8.37. The lowest BCUT2D eigenvalue weighted by Crippen LogP contribution is -2.42. The van der Waals surface area contributed by atoms with Gasteiger partial charge in [-0.15, -0.1) is 0 Å². The highest BCUT2D eigenvalue weighted by Gasteiger charge is 2.17. The Morgan fingerprint density at radius 2 is 2.22 bits per heavy atom. The molecule has 1 atom stereocenters. The second kappa shape index (κ2) is 6.44. The lowest BCUT2D eigenvalue weighted by atomic mass is 10.2. The maximum atomic E-state index is 11.5. The van der Waals surface area contributed by atoms with Crippen molar-refractivity contribution in [3.05, 3.63) is 24.2 Å². The molecule has 0 aliphatic heterocycles. The van der Waals surface area contributed by atoms with Crippen LogP contribution in [0.4, 0.5) is 4.79 Å². The fraction of sp³-hybridized carbons (Fsp3) is 0.615. The first-order valence-corrected chi connectivity index (χ1v) is 6.08. The molecule has 0 aliphatic rings. The Bertz CT molecular complexity index is 355. The average Bonchev–Trinajstić information content (AvgIpc) is 2.66. The Hall–Kier alpha value is -1.49. The van der Waals surface area contributed by atoms with Crippen molar-refractivity contribution in [2.24, 2.45) is 0 Å². The van der Waals surface area contributed by atoms with Crippen LogP contribution in [0.15, 0.2) is 23.0 Å². The highest BCUT2D eigenvalue weighted by atomic mass is 16.6. The zero-order valence-corrected chi connectivity index (χ0v) is 11.4. The highest BCUT2D eigenvalue weighted by Crippen LogP contribution is 2.06. The van der Waals surface area contributed by atoms with Crippen LogP contribution in [0.3, 0.4) is 0 Å². The van der Waals surface area contributed by atoms with Crippen molar-refractivity contribution in [2.45, 2.75) is 45.9 Å². The molecule has 1 aromatic rings. The third-order valence-electron chi connectivity index (χ3n) is 2.12. The number of nitrogens with one attached hydrogen (secondary N) is 2. The van der Waals surface area contributed by atoms with Crippen LogP contribution in [-0.2, 0) is 11.3 Å². The lowest BCUT2D eigenvalue weighted by Gasteiger charge is -2.22. The van der Waals surface area contributed by atoms with Crippen LogP contribution in [0.1, 0.15) is 33.3 Å². The van der Waals surface area contributed by atoms with Gasteiger partial charge >= 0.3 is 6.09 Å². The van der Waals surface area contributed by atoms with E-state index in [1.165, 1.54) is 0 Å². The molecule has 5 heteroatoms. The van der Waals surface area contributed by atoms with Crippen LogP contribution < -0.4 is 10.6 Å². The maximum absolute atomic E-state index is 11.5. The van der Waals surface area contributed by atoms with E-state index >= 15 is 0 Å². The van der Waals surface area contributed by atoms with Crippen molar-refractivity contribution in [1.29, 1.82) is 0 Å². The second-order valence-electron chi connectivity index (χ2n) is 5.31. The monoisotopic (exact) mass is 254 g/mol. The third-order valence-corrected chi connectivity index (χ3v) is 2.12. The molecular formula is C13H22N2O3. The van der Waals surface area contributed by atoms with Gasteiger partial charge in [0.15, 0.2) is 0 Å². The number of hydrogen-bond donors (Lipinski definition) is 2. The Balaban J connectivity index is 2.17. The molecular weight excluding hydrogens is 232 g/mol. The molecule has 1 aromatic heterocycles. The normalized spacial score (nSPS) is 13.1. The van der Waals surface area contributed by atoms with Crippen molar-refractivity contribution < 1.29 is 13.9 Å². The van der Waals surface area contributed by atoms with Gasteiger partial charge in [-0.1, -0.05) is 0 Å². The fourth-order valence-electron chi connectivity index (χ4n) is 1.39. The van der Waals surface area contributed by atoms with Crippen LogP contribution in [0.2, 0.25) is 0 Å². The first kappa shape index (κ1) is 14.6. The summed E-state index contributed by atoms with van der Waals surface area (Å²) in [6, 6.07) is 1.91. The summed E-state index contributed by atoms with van der Waals surface area (Å²) in [4.78, 5) is 11.5. The van der Waals surface area contributed by atoms with Crippen LogP contribution in [0.25, 0.3) is 0 Å². The van der Waals surface area contributed by atoms with Gasteiger partial charge in [0.1, 0.15) is 5.60 Å². The molecule has 0 radical (unpaired) electrons. The summed E-state index contributed by atoms with van der Waals surface area (Å²) < 4.78 is 10.1. The standard InChI is InChI=1S/C13H22N2O3/c1-10(15-12(16)18-13(2,3)4)7-14-8-11-5-6-17-9-11/h5-6,9-10,14H,7-8H2,1-4H3,(H,15,16). The summed E-state index contributed by atoms with van der Waals surface area (Å²) in [5, 5.41) is 5.99. The lowest BCUT2D eigenvalue weighted by molar-refractivity contribution is 0.0508. The fourth-order valence-corrected chi connectivity index (χ4v) is 1.39. The molecule has 1 rings (SSSR count). The van der Waals surface area contributed by atoms with E-state index in [0.717, 1.165) is 12.1 Å². The SMILES string of the molecule is CC(CNCc1ccoc1)NC(=O)OC(C)(C)C. The number of carbonyl (C=O) groups excluding carboxylic acids is 1. The largest absolute Gasteiger partial charge is 0.472 e. The van der Waals surface area contributed by atoms with E-state index in [4.69, 9.17) is 9.15 Å². The molecule has 0 saturated carbocycles. The Kier molecular flexibility index (Phi) is 5.22. The van der Waals surface area contributed by atoms with Gasteiger partial charge in [0.05, 0.1) is 12.5 Å². The molecule has 18 heavy (non-hydrogen) atoms. The van der Waals surface area contributed by atoms with Gasteiger partial charge in [-0.25, -0.2) is 4.79 Å². The molecule has 1 amide bonds. The minimum absolute atomic E-state index is 0.00625. The molecule has 1 heterocycles. The van der Waals surface area contributed by atoms with Crippen molar-refractivity contribution in [1.82, 2.24) is 10.6 Å². The predicted octanol–water partition coefficient (Wildman–Crippen LogP) is 2.28. The topological polar surface area (TPSA) is 63.5 Å². The summed E-state index contributed by atoms with van der Waals surface area (Å²) >= 11 is 0. The van der Waals surface area contributed by atoms with Gasteiger partial charge in [-0.2, -0.15) is 0 Å². The van der Waals surface area contributed by atoms with Gasteiger partial charge < -0.3 is 19.8 Å². The molecule has 0 bridgehead atoms. The molecule has 1 unspecified atom stereocenters. The Morgan fingerprint density at radius 3 is 2.78 bits per heavy atom. The van der Waals surface area contributed by atoms with Gasteiger partial charge in [0.25, 0.3) is 0 Å². The minimum Gasteiger partial charge on any atom is -0.472 e. The van der Waals surface area contributed by atoms with Crippen molar-refractivity contribution >= 4 is 6.09 Å². The van der Waals surface area contributed by atoms with Crippen LogP contribution in [-0.4, -0.2) is 24.3 Å². The highest BCUT2D eigenvalue weighted by molar-refractivity contribution is 5.68. The molecule has 0 fully saturated rings. The van der Waals surface area contributed by atoms with E-state index in [1.807, 2.05) is 33.8 Å². The molecule has 0 aliphatic carbocycles. The number of rotatable bonds is 5. The second-order valence-corrected chi connectivity index (χ2v) is 5.31. The van der Waals surface area contributed by atoms with Gasteiger partial charge in [0.2, 0.25) is 0 Å². The van der Waals surface area contributed by atoms with Gasteiger partial charge in [0, 0.05) is 24.7 Å². The quantitative estimate of drug-likeness (QED) is 0.846. The molecule has 2 N–H and O–H groups in total. The third kappa shape index (κ3) is 6.30. The number of ether oxygens (including phenoxy) is 1. The summed E-state index contributed by atoms with van der Waals surface area (Å²) in [5.74, 6) is 0. The first-order valence-electron chi connectivity index (χ1n) is 6.08. The predicted molar refractivity (Wildman–Crippen MR) is 69.2 cm³/mol. The van der Waals surface area contributed by atoms with E-state index in [0.29, 0.717) is 6.54 Å². The van der Waals surface area contributed by atoms with E-state index in [9.17, 15) is 4.79 Å². The van der Waals surface area contributed by atoms with Gasteiger partial charge in [-0.3, -0.25) is 0 Å². The van der Waals surface area contributed by atoms with Crippen molar-refractivity contribution in [3.63, 3.8) is 0 Å². The summed E-state index contributed by atoms with van der Waals surface area (Å²) in [6.45, 7) is 8.84. The summed E-state index contributed by atoms with van der Waals surface area (Å²) in [6.07, 6.45) is 2.94. The Morgan fingerprint density at radius 1 is 1.50 bits per heavy atom.